The highest BCUT2D eigenvalue weighted by Gasteiger charge is 2.36. The second-order valence-electron chi connectivity index (χ2n) is 6.72. The lowest BCUT2D eigenvalue weighted by molar-refractivity contribution is -0.137. The van der Waals surface area contributed by atoms with Crippen LogP contribution >= 0.6 is 0 Å². The van der Waals surface area contributed by atoms with Crippen LogP contribution in [0.4, 0.5) is 19.1 Å². The van der Waals surface area contributed by atoms with Gasteiger partial charge in [0.2, 0.25) is 5.95 Å². The van der Waals surface area contributed by atoms with Gasteiger partial charge in [0.25, 0.3) is 0 Å². The molecule has 1 aromatic carbocycles. The average Bonchev–Trinajstić information content (AvgIpc) is 3.11. The molecule has 1 atom stereocenters. The molecule has 28 heavy (non-hydrogen) atoms. The Morgan fingerprint density at radius 3 is 2.86 bits per heavy atom. The Balaban J connectivity index is 1.81. The smallest absolute Gasteiger partial charge is 0.360 e. The largest absolute Gasteiger partial charge is 0.419 e. The highest BCUT2D eigenvalue weighted by molar-refractivity contribution is 5.96. The van der Waals surface area contributed by atoms with Crippen LogP contribution in [0.1, 0.15) is 24.0 Å². The van der Waals surface area contributed by atoms with E-state index in [1.54, 1.807) is 18.2 Å². The Morgan fingerprint density at radius 2 is 2.14 bits per heavy atom. The molecule has 0 saturated carbocycles. The SMILES string of the molecule is N#Cc1ccc2[nH]cc(-c3nc(N[C@H]4CCCNC4)ncc3C(F)(F)F)c2c1. The third-order valence-corrected chi connectivity index (χ3v) is 4.79. The topological polar surface area (TPSA) is 89.4 Å². The minimum Gasteiger partial charge on any atom is -0.360 e. The zero-order chi connectivity index (χ0) is 19.7. The van der Waals surface area contributed by atoms with Gasteiger partial charge in [-0.05, 0) is 37.6 Å². The Hall–Kier alpha value is -3.12. The number of anilines is 1. The predicted molar refractivity (Wildman–Crippen MR) is 98.6 cm³/mol. The van der Waals surface area contributed by atoms with Gasteiger partial charge in [-0.15, -0.1) is 0 Å². The number of rotatable bonds is 3. The lowest BCUT2D eigenvalue weighted by atomic mass is 10.0. The van der Waals surface area contributed by atoms with Gasteiger partial charge in [-0.2, -0.15) is 18.4 Å². The van der Waals surface area contributed by atoms with Crippen molar-refractivity contribution in [3.63, 3.8) is 0 Å². The summed E-state index contributed by atoms with van der Waals surface area (Å²) in [6.45, 7) is 1.63. The van der Waals surface area contributed by atoms with E-state index in [1.165, 1.54) is 6.20 Å². The monoisotopic (exact) mass is 386 g/mol. The van der Waals surface area contributed by atoms with E-state index in [4.69, 9.17) is 5.26 Å². The molecule has 0 radical (unpaired) electrons. The Kier molecular flexibility index (Phi) is 4.65. The van der Waals surface area contributed by atoms with Crippen molar-refractivity contribution in [2.45, 2.75) is 25.1 Å². The quantitative estimate of drug-likeness (QED) is 0.639. The average molecular weight is 386 g/mol. The molecule has 0 unspecified atom stereocenters. The normalized spacial score (nSPS) is 17.4. The maximum atomic E-state index is 13.6. The zero-order valence-corrected chi connectivity index (χ0v) is 14.8. The Labute approximate surface area is 158 Å². The van der Waals surface area contributed by atoms with Gasteiger partial charge in [-0.3, -0.25) is 0 Å². The summed E-state index contributed by atoms with van der Waals surface area (Å²) in [5, 5.41) is 16.0. The van der Waals surface area contributed by atoms with Crippen LogP contribution in [-0.4, -0.2) is 34.1 Å². The molecular formula is C19H17F3N6. The number of hydrogen-bond acceptors (Lipinski definition) is 5. The van der Waals surface area contributed by atoms with E-state index in [-0.39, 0.29) is 23.2 Å². The van der Waals surface area contributed by atoms with Crippen molar-refractivity contribution in [1.29, 1.82) is 5.26 Å². The predicted octanol–water partition coefficient (Wildman–Crippen LogP) is 3.68. The first-order valence-corrected chi connectivity index (χ1v) is 8.89. The maximum Gasteiger partial charge on any atom is 0.419 e. The van der Waals surface area contributed by atoms with Crippen LogP contribution < -0.4 is 10.6 Å². The van der Waals surface area contributed by atoms with Gasteiger partial charge >= 0.3 is 6.18 Å². The number of hydrogen-bond donors (Lipinski definition) is 3. The van der Waals surface area contributed by atoms with Crippen LogP contribution in [0, 0.1) is 11.3 Å². The van der Waals surface area contributed by atoms with Crippen LogP contribution in [-0.2, 0) is 6.18 Å². The molecule has 4 rings (SSSR count). The number of nitrogens with zero attached hydrogens (tertiary/aromatic N) is 3. The number of nitrogens with one attached hydrogen (secondary N) is 3. The van der Waals surface area contributed by atoms with E-state index in [0.717, 1.165) is 25.6 Å². The van der Waals surface area contributed by atoms with E-state index < -0.39 is 11.7 Å². The molecule has 3 heterocycles. The molecule has 1 aliphatic rings. The minimum atomic E-state index is -4.60. The van der Waals surface area contributed by atoms with Crippen molar-refractivity contribution in [1.82, 2.24) is 20.3 Å². The summed E-state index contributed by atoms with van der Waals surface area (Å²) in [5.74, 6) is 0.155. The van der Waals surface area contributed by atoms with Gasteiger partial charge < -0.3 is 15.6 Å². The second kappa shape index (κ2) is 7.13. The number of benzene rings is 1. The summed E-state index contributed by atoms with van der Waals surface area (Å²) >= 11 is 0. The summed E-state index contributed by atoms with van der Waals surface area (Å²) in [4.78, 5) is 11.0. The van der Waals surface area contributed by atoms with E-state index in [0.29, 0.717) is 23.0 Å². The standard InChI is InChI=1S/C19H17F3N6/c20-19(21,22)15-10-26-18(27-12-2-1-5-24-8-12)28-17(15)14-9-25-16-4-3-11(7-23)6-13(14)16/h3-4,6,9-10,12,24-25H,1-2,5,8H2,(H,26,27,28)/t12-/m0/s1. The van der Waals surface area contributed by atoms with Crippen molar-refractivity contribution >= 4 is 16.9 Å². The summed E-state index contributed by atoms with van der Waals surface area (Å²) in [6, 6.07) is 6.90. The lowest BCUT2D eigenvalue weighted by Gasteiger charge is -2.24. The first-order chi connectivity index (χ1) is 13.5. The van der Waals surface area contributed by atoms with Crippen molar-refractivity contribution in [3.8, 4) is 17.3 Å². The summed E-state index contributed by atoms with van der Waals surface area (Å²) in [5.41, 5.74) is 0.152. The molecule has 6 nitrogen and oxygen atoms in total. The first-order valence-electron chi connectivity index (χ1n) is 8.89. The summed E-state index contributed by atoms with van der Waals surface area (Å²) in [7, 11) is 0. The van der Waals surface area contributed by atoms with Crippen LogP contribution in [0.5, 0.6) is 0 Å². The van der Waals surface area contributed by atoms with Crippen LogP contribution in [0.25, 0.3) is 22.2 Å². The summed E-state index contributed by atoms with van der Waals surface area (Å²) < 4.78 is 40.8. The van der Waals surface area contributed by atoms with Gasteiger partial charge in [0.1, 0.15) is 5.56 Å². The number of halogens is 3. The fourth-order valence-electron chi connectivity index (χ4n) is 3.41. The van der Waals surface area contributed by atoms with Crippen LogP contribution in [0.3, 0.4) is 0 Å². The van der Waals surface area contributed by atoms with Crippen molar-refractivity contribution < 1.29 is 13.2 Å². The molecule has 9 heteroatoms. The Morgan fingerprint density at radius 1 is 1.29 bits per heavy atom. The Bertz CT molecular complexity index is 1040. The molecule has 3 aromatic rings. The lowest BCUT2D eigenvalue weighted by Crippen LogP contribution is -2.38. The molecule has 0 spiro atoms. The van der Waals surface area contributed by atoms with E-state index in [2.05, 4.69) is 25.6 Å². The molecule has 1 aliphatic heterocycles. The van der Waals surface area contributed by atoms with Gasteiger partial charge in [0.05, 0.1) is 17.3 Å². The van der Waals surface area contributed by atoms with E-state index in [1.807, 2.05) is 6.07 Å². The van der Waals surface area contributed by atoms with Crippen molar-refractivity contribution in [3.05, 3.63) is 41.7 Å². The molecule has 2 aromatic heterocycles. The number of fused-ring (bicyclic) bond motifs is 1. The van der Waals surface area contributed by atoms with Crippen LogP contribution in [0.2, 0.25) is 0 Å². The fourth-order valence-corrected chi connectivity index (χ4v) is 3.41. The van der Waals surface area contributed by atoms with Gasteiger partial charge in [0.15, 0.2) is 0 Å². The molecule has 0 amide bonds. The number of aromatic amines is 1. The van der Waals surface area contributed by atoms with E-state index >= 15 is 0 Å². The number of alkyl halides is 3. The molecular weight excluding hydrogens is 369 g/mol. The van der Waals surface area contributed by atoms with Gasteiger partial charge in [0, 0.05) is 41.4 Å². The molecule has 3 N–H and O–H groups in total. The van der Waals surface area contributed by atoms with Crippen molar-refractivity contribution in [2.75, 3.05) is 18.4 Å². The molecule has 144 valence electrons. The number of nitriles is 1. The third-order valence-electron chi connectivity index (χ3n) is 4.79. The maximum absolute atomic E-state index is 13.6. The highest BCUT2D eigenvalue weighted by atomic mass is 19.4. The molecule has 1 fully saturated rings. The zero-order valence-electron chi connectivity index (χ0n) is 14.8. The minimum absolute atomic E-state index is 0.0616. The molecule has 0 aliphatic carbocycles. The molecule has 1 saturated heterocycles. The number of H-pyrrole nitrogens is 1. The third kappa shape index (κ3) is 3.51. The molecule has 0 bridgehead atoms. The van der Waals surface area contributed by atoms with Gasteiger partial charge in [-0.25, -0.2) is 9.97 Å². The van der Waals surface area contributed by atoms with Crippen molar-refractivity contribution in [2.24, 2.45) is 0 Å². The van der Waals surface area contributed by atoms with E-state index in [9.17, 15) is 13.2 Å². The number of piperidine rings is 1. The van der Waals surface area contributed by atoms with Crippen LogP contribution in [0.15, 0.2) is 30.6 Å². The second-order valence-corrected chi connectivity index (χ2v) is 6.72. The van der Waals surface area contributed by atoms with Gasteiger partial charge in [-0.1, -0.05) is 0 Å². The highest BCUT2D eigenvalue weighted by Crippen LogP contribution is 2.38. The number of aromatic nitrogens is 3. The fraction of sp³-hybridized carbons (Fsp3) is 0.316. The summed E-state index contributed by atoms with van der Waals surface area (Å²) in [6.07, 6.45) is -0.435. The first kappa shape index (κ1) is 18.3.